The summed E-state index contributed by atoms with van der Waals surface area (Å²) in [6.45, 7) is 4.83. The average molecular weight is 601 g/mol. The molecule has 1 saturated heterocycles. The fourth-order valence-electron chi connectivity index (χ4n) is 3.58. The van der Waals surface area contributed by atoms with Gasteiger partial charge in [0.25, 0.3) is 12.0 Å². The highest BCUT2D eigenvalue weighted by molar-refractivity contribution is 8.10. The molecule has 1 aromatic rings. The fraction of sp³-hybridized carbons (Fsp3) is 0.727. The molecule has 0 spiro atoms. The van der Waals surface area contributed by atoms with Crippen molar-refractivity contribution in [3.63, 3.8) is 0 Å². The number of carbonyl (C=O) groups excluding carboxylic acids is 2. The maximum atomic E-state index is 14.4. The highest BCUT2D eigenvalue weighted by Crippen LogP contribution is 2.46. The van der Waals surface area contributed by atoms with Crippen LogP contribution in [0.5, 0.6) is 0 Å². The lowest BCUT2D eigenvalue weighted by atomic mass is 10.0. The first-order chi connectivity index (χ1) is 18.0. The number of esters is 2. The number of hydrogen-bond acceptors (Lipinski definition) is 10. The first-order valence-electron chi connectivity index (χ1n) is 12.1. The second-order valence-electron chi connectivity index (χ2n) is 9.66. The van der Waals surface area contributed by atoms with E-state index in [-0.39, 0.29) is 0 Å². The van der Waals surface area contributed by atoms with Crippen LogP contribution in [-0.2, 0) is 40.1 Å². The molecular formula is C22H35F2N4O9PS. The van der Waals surface area contributed by atoms with Crippen molar-refractivity contribution in [1.82, 2.24) is 19.7 Å². The number of nitrogens with one attached hydrogen (secondary N) is 3. The number of alkyl halides is 2. The van der Waals surface area contributed by atoms with E-state index in [1.54, 1.807) is 27.7 Å². The molecule has 1 aliphatic heterocycles. The van der Waals surface area contributed by atoms with Gasteiger partial charge < -0.3 is 23.8 Å². The third-order valence-corrected chi connectivity index (χ3v) is 8.29. The van der Waals surface area contributed by atoms with E-state index in [0.29, 0.717) is 0 Å². The third kappa shape index (κ3) is 8.96. The van der Waals surface area contributed by atoms with Crippen molar-refractivity contribution in [3.8, 4) is 0 Å². The van der Waals surface area contributed by atoms with Crippen molar-refractivity contribution >= 4 is 30.3 Å². The normalized spacial score (nSPS) is 24.5. The van der Waals surface area contributed by atoms with Crippen molar-refractivity contribution in [3.05, 3.63) is 33.1 Å². The lowest BCUT2D eigenvalue weighted by Crippen LogP contribution is -2.46. The molecule has 17 heteroatoms. The van der Waals surface area contributed by atoms with Crippen LogP contribution in [-0.4, -0.2) is 75.6 Å². The first-order valence-corrected chi connectivity index (χ1v) is 14.9. The van der Waals surface area contributed by atoms with E-state index in [9.17, 15) is 33.1 Å². The highest BCUT2D eigenvalue weighted by atomic mass is 32.4. The summed E-state index contributed by atoms with van der Waals surface area (Å²) in [6.07, 6.45) is -6.91. The number of carbonyl (C=O) groups is 2. The third-order valence-electron chi connectivity index (χ3n) is 5.39. The minimum absolute atomic E-state index is 0.447. The molecule has 13 nitrogen and oxygen atoms in total. The lowest BCUT2D eigenvalue weighted by molar-refractivity contribution is -0.169. The van der Waals surface area contributed by atoms with Crippen LogP contribution in [0.25, 0.3) is 0 Å². The van der Waals surface area contributed by atoms with Crippen LogP contribution in [0, 0.1) is 0 Å². The van der Waals surface area contributed by atoms with Gasteiger partial charge in [-0.15, -0.1) is 0 Å². The molecule has 5 atom stereocenters. The second-order valence-corrected chi connectivity index (χ2v) is 13.1. The molecule has 1 aliphatic rings. The van der Waals surface area contributed by atoms with Gasteiger partial charge in [-0.2, -0.15) is 0 Å². The molecule has 2 rings (SSSR count). The molecule has 0 aromatic carbocycles. The summed E-state index contributed by atoms with van der Waals surface area (Å²) in [5, 5.41) is 16.0. The summed E-state index contributed by atoms with van der Waals surface area (Å²) in [7, 11) is 0. The molecule has 0 radical (unpaired) electrons. The Bertz CT molecular complexity index is 1150. The Hall–Kier alpha value is -2.07. The van der Waals surface area contributed by atoms with Gasteiger partial charge in [-0.3, -0.25) is 23.9 Å². The summed E-state index contributed by atoms with van der Waals surface area (Å²) in [4.78, 5) is 50.3. The molecule has 0 aliphatic carbocycles. The second kappa shape index (κ2) is 13.5. The molecule has 39 heavy (non-hydrogen) atoms. The highest BCUT2D eigenvalue weighted by Gasteiger charge is 2.54. The zero-order chi connectivity index (χ0) is 29.7. The summed E-state index contributed by atoms with van der Waals surface area (Å²) < 4.78 is 51.1. The SMILES string of the molecule is CC(C)OC(=O)C(C)NP(=S)(NC(C)C(=O)OC(C)C)OCC1(C(F)F)CC(O)C(n2ccc(=O)[nH]c2=O)O1. The first kappa shape index (κ1) is 33.1. The van der Waals surface area contributed by atoms with E-state index < -0.39 is 91.4 Å². The molecule has 222 valence electrons. The molecule has 2 heterocycles. The van der Waals surface area contributed by atoms with Crippen LogP contribution in [0.1, 0.15) is 54.2 Å². The summed E-state index contributed by atoms with van der Waals surface area (Å²) in [5.41, 5.74) is -4.13. The number of hydrogen-bond donors (Lipinski definition) is 4. The van der Waals surface area contributed by atoms with E-state index >= 15 is 0 Å². The Morgan fingerprint density at radius 2 is 1.67 bits per heavy atom. The zero-order valence-corrected chi connectivity index (χ0v) is 24.1. The van der Waals surface area contributed by atoms with Gasteiger partial charge in [0.1, 0.15) is 18.2 Å². The number of aromatic nitrogens is 2. The van der Waals surface area contributed by atoms with Gasteiger partial charge in [-0.25, -0.2) is 23.7 Å². The predicted molar refractivity (Wildman–Crippen MR) is 139 cm³/mol. The van der Waals surface area contributed by atoms with Crippen LogP contribution in [0.4, 0.5) is 8.78 Å². The van der Waals surface area contributed by atoms with Crippen molar-refractivity contribution in [1.29, 1.82) is 0 Å². The molecule has 0 bridgehead atoms. The van der Waals surface area contributed by atoms with Crippen molar-refractivity contribution < 1.29 is 42.2 Å². The molecule has 1 fully saturated rings. The smallest absolute Gasteiger partial charge is 0.330 e. The van der Waals surface area contributed by atoms with Gasteiger partial charge in [0.05, 0.1) is 18.8 Å². The van der Waals surface area contributed by atoms with Crippen LogP contribution in [0.3, 0.4) is 0 Å². The van der Waals surface area contributed by atoms with Crippen LogP contribution in [0.15, 0.2) is 21.9 Å². The Balaban J connectivity index is 2.32. The minimum Gasteiger partial charge on any atom is -0.462 e. The number of aliphatic hydroxyl groups is 1. The van der Waals surface area contributed by atoms with Crippen LogP contribution >= 0.6 is 6.57 Å². The van der Waals surface area contributed by atoms with Gasteiger partial charge in [-0.05, 0) is 53.3 Å². The maximum absolute atomic E-state index is 14.4. The number of nitrogens with zero attached hydrogens (tertiary/aromatic N) is 1. The number of aliphatic hydroxyl groups excluding tert-OH is 1. The van der Waals surface area contributed by atoms with E-state index in [4.69, 9.17) is 30.5 Å². The van der Waals surface area contributed by atoms with Crippen molar-refractivity contribution in [2.45, 2.75) is 96.6 Å². The molecule has 1 aromatic heterocycles. The van der Waals surface area contributed by atoms with Crippen molar-refractivity contribution in [2.24, 2.45) is 0 Å². The van der Waals surface area contributed by atoms with Gasteiger partial charge in [0, 0.05) is 18.7 Å². The average Bonchev–Trinajstić information content (AvgIpc) is 3.14. The predicted octanol–water partition coefficient (Wildman–Crippen LogP) is 0.921. The van der Waals surface area contributed by atoms with E-state index in [1.807, 2.05) is 4.98 Å². The van der Waals surface area contributed by atoms with E-state index in [1.165, 1.54) is 13.8 Å². The number of aromatic amines is 1. The Labute approximate surface area is 228 Å². The Kier molecular flexibility index (Phi) is 11.5. The number of halogens is 2. The van der Waals surface area contributed by atoms with Crippen molar-refractivity contribution in [2.75, 3.05) is 6.61 Å². The summed E-state index contributed by atoms with van der Waals surface area (Å²) >= 11 is 5.57. The van der Waals surface area contributed by atoms with E-state index in [2.05, 4.69) is 10.2 Å². The quantitative estimate of drug-likeness (QED) is 0.187. The minimum atomic E-state index is -3.67. The van der Waals surface area contributed by atoms with Crippen LogP contribution in [0.2, 0.25) is 0 Å². The van der Waals surface area contributed by atoms with Gasteiger partial charge in [0.2, 0.25) is 0 Å². The number of H-pyrrole nitrogens is 1. The topological polar surface area (TPSA) is 170 Å². The number of rotatable bonds is 13. The largest absolute Gasteiger partial charge is 0.462 e. The van der Waals surface area contributed by atoms with Gasteiger partial charge in [-0.1, -0.05) is 0 Å². The molecule has 0 saturated carbocycles. The fourth-order valence-corrected chi connectivity index (χ4v) is 6.55. The molecule has 4 N–H and O–H groups in total. The van der Waals surface area contributed by atoms with Gasteiger partial charge >= 0.3 is 17.6 Å². The Morgan fingerprint density at radius 1 is 1.15 bits per heavy atom. The van der Waals surface area contributed by atoms with E-state index in [0.717, 1.165) is 16.8 Å². The summed E-state index contributed by atoms with van der Waals surface area (Å²) in [5.74, 6) is -1.40. The molecule has 0 amide bonds. The lowest BCUT2D eigenvalue weighted by Gasteiger charge is -2.34. The van der Waals surface area contributed by atoms with Gasteiger partial charge in [0.15, 0.2) is 18.4 Å². The summed E-state index contributed by atoms with van der Waals surface area (Å²) in [6, 6.07) is -1.16. The Morgan fingerprint density at radius 3 is 2.10 bits per heavy atom. The number of ether oxygens (including phenoxy) is 3. The standard InChI is InChI=1S/C22H35F2N4O9PS/c1-11(2)35-18(31)13(5)26-38(39,27-14(6)19(32)36-12(3)4)34-10-22(20(23)24)9-15(29)17(37-22)28-8-7-16(30)25-21(28)33/h7-8,11-15,17,20,29H,9-10H2,1-6H3,(H,25,30,33)(H2,26,27,39). The molecule has 5 unspecified atom stereocenters. The monoisotopic (exact) mass is 600 g/mol. The van der Waals surface area contributed by atoms with Crippen LogP contribution < -0.4 is 21.4 Å². The maximum Gasteiger partial charge on any atom is 0.330 e. The molecular weight excluding hydrogens is 565 g/mol. The zero-order valence-electron chi connectivity index (χ0n) is 22.4.